The molecule has 2 heteroatoms. The van der Waals surface area contributed by atoms with Gasteiger partial charge in [-0.25, -0.2) is 0 Å². The van der Waals surface area contributed by atoms with Crippen LogP contribution in [-0.4, -0.2) is 10.4 Å². The molecule has 0 bridgehead atoms. The molecule has 1 nitrogen and oxygen atoms in total. The van der Waals surface area contributed by atoms with Crippen molar-refractivity contribution in [2.45, 2.75) is 49.9 Å². The van der Waals surface area contributed by atoms with Gasteiger partial charge < -0.3 is 5.73 Å². The fourth-order valence-electron chi connectivity index (χ4n) is 1.50. The van der Waals surface area contributed by atoms with Crippen LogP contribution in [0.1, 0.15) is 39.5 Å². The van der Waals surface area contributed by atoms with E-state index in [1.165, 1.54) is 12.8 Å². The van der Waals surface area contributed by atoms with E-state index in [1.807, 2.05) is 6.92 Å². The summed E-state index contributed by atoms with van der Waals surface area (Å²) in [6.07, 6.45) is 4.58. The predicted molar refractivity (Wildman–Crippen MR) is 45.3 cm³/mol. The van der Waals surface area contributed by atoms with Crippen LogP contribution in [0.15, 0.2) is 0 Å². The summed E-state index contributed by atoms with van der Waals surface area (Å²) in [5.41, 5.74) is 5.86. The molecule has 10 heavy (non-hydrogen) atoms. The van der Waals surface area contributed by atoms with E-state index in [-0.39, 0.29) is 10.4 Å². The highest BCUT2D eigenvalue weighted by Crippen LogP contribution is 2.39. The number of hydrogen-bond donors (Lipinski definition) is 1. The van der Waals surface area contributed by atoms with Gasteiger partial charge in [-0.15, -0.1) is 11.6 Å². The molecule has 1 fully saturated rings. The minimum Gasteiger partial charge on any atom is -0.324 e. The van der Waals surface area contributed by atoms with Crippen molar-refractivity contribution in [2.75, 3.05) is 0 Å². The first-order valence-electron chi connectivity index (χ1n) is 3.93. The maximum absolute atomic E-state index is 6.24. The maximum Gasteiger partial charge on any atom is 0.0594 e. The van der Waals surface area contributed by atoms with Crippen LogP contribution < -0.4 is 5.73 Å². The van der Waals surface area contributed by atoms with E-state index in [9.17, 15) is 0 Å². The Hall–Kier alpha value is 0.250. The summed E-state index contributed by atoms with van der Waals surface area (Å²) in [7, 11) is 0. The average Bonchev–Trinajstić information content (AvgIpc) is 1.77. The Bertz CT molecular complexity index is 113. The van der Waals surface area contributed by atoms with Gasteiger partial charge in [-0.1, -0.05) is 12.8 Å². The van der Waals surface area contributed by atoms with Gasteiger partial charge in [-0.05, 0) is 26.7 Å². The number of alkyl halides is 1. The molecule has 1 saturated carbocycles. The van der Waals surface area contributed by atoms with Crippen LogP contribution in [0.3, 0.4) is 0 Å². The zero-order valence-corrected chi connectivity index (χ0v) is 7.54. The Morgan fingerprint density at radius 3 is 2.00 bits per heavy atom. The zero-order valence-electron chi connectivity index (χ0n) is 6.78. The zero-order chi connectivity index (χ0) is 7.83. The molecular formula is C8H16ClN. The van der Waals surface area contributed by atoms with Gasteiger partial charge in [0.05, 0.1) is 4.87 Å². The summed E-state index contributed by atoms with van der Waals surface area (Å²) in [6.45, 7) is 4.10. The van der Waals surface area contributed by atoms with Crippen LogP contribution in [-0.2, 0) is 0 Å². The SMILES string of the molecule is CC1(N)CCCCC1(C)Cl. The lowest BCUT2D eigenvalue weighted by Crippen LogP contribution is -2.55. The highest BCUT2D eigenvalue weighted by molar-refractivity contribution is 6.24. The Balaban J connectivity index is 2.70. The second kappa shape index (κ2) is 2.38. The Kier molecular flexibility index (Phi) is 1.99. The minimum atomic E-state index is -0.175. The van der Waals surface area contributed by atoms with E-state index in [1.54, 1.807) is 0 Å². The fraction of sp³-hybridized carbons (Fsp3) is 1.00. The van der Waals surface area contributed by atoms with E-state index < -0.39 is 0 Å². The van der Waals surface area contributed by atoms with Gasteiger partial charge in [0.2, 0.25) is 0 Å². The van der Waals surface area contributed by atoms with Crippen LogP contribution in [0.4, 0.5) is 0 Å². The van der Waals surface area contributed by atoms with Gasteiger partial charge in [0.25, 0.3) is 0 Å². The average molecular weight is 162 g/mol. The quantitative estimate of drug-likeness (QED) is 0.542. The van der Waals surface area contributed by atoms with Crippen molar-refractivity contribution in [1.29, 1.82) is 0 Å². The van der Waals surface area contributed by atoms with Crippen molar-refractivity contribution in [3.05, 3.63) is 0 Å². The molecule has 0 amide bonds. The maximum atomic E-state index is 6.24. The van der Waals surface area contributed by atoms with Crippen LogP contribution in [0.5, 0.6) is 0 Å². The highest BCUT2D eigenvalue weighted by atomic mass is 35.5. The monoisotopic (exact) mass is 161 g/mol. The molecule has 0 aromatic rings. The summed E-state index contributed by atoms with van der Waals surface area (Å²) >= 11 is 6.24. The minimum absolute atomic E-state index is 0.160. The summed E-state index contributed by atoms with van der Waals surface area (Å²) in [5, 5.41) is 0. The molecular weight excluding hydrogens is 146 g/mol. The molecule has 0 aliphatic heterocycles. The molecule has 1 aliphatic rings. The first-order valence-corrected chi connectivity index (χ1v) is 4.31. The first kappa shape index (κ1) is 8.35. The first-order chi connectivity index (χ1) is 4.46. The predicted octanol–water partition coefficient (Wildman–Crippen LogP) is 2.28. The molecule has 0 saturated heterocycles. The van der Waals surface area contributed by atoms with Crippen LogP contribution in [0.2, 0.25) is 0 Å². The molecule has 0 heterocycles. The molecule has 1 rings (SSSR count). The highest BCUT2D eigenvalue weighted by Gasteiger charge is 2.41. The van der Waals surface area contributed by atoms with E-state index in [2.05, 4.69) is 6.92 Å². The van der Waals surface area contributed by atoms with Crippen molar-refractivity contribution in [3.63, 3.8) is 0 Å². The second-order valence-electron chi connectivity index (χ2n) is 3.82. The van der Waals surface area contributed by atoms with Gasteiger partial charge in [-0.2, -0.15) is 0 Å². The summed E-state index contributed by atoms with van der Waals surface area (Å²) in [6, 6.07) is 0. The summed E-state index contributed by atoms with van der Waals surface area (Å²) in [5.74, 6) is 0. The third-order valence-corrected chi connectivity index (χ3v) is 3.40. The van der Waals surface area contributed by atoms with E-state index in [4.69, 9.17) is 17.3 Å². The number of nitrogens with two attached hydrogens (primary N) is 1. The second-order valence-corrected chi connectivity index (χ2v) is 4.66. The summed E-state index contributed by atoms with van der Waals surface area (Å²) in [4.78, 5) is -0.175. The number of rotatable bonds is 0. The topological polar surface area (TPSA) is 26.0 Å². The van der Waals surface area contributed by atoms with Gasteiger partial charge >= 0.3 is 0 Å². The standard InChI is InChI=1S/C8H16ClN/c1-7(9)5-3-4-6-8(7,2)10/h3-6,10H2,1-2H3. The van der Waals surface area contributed by atoms with E-state index in [0.717, 1.165) is 12.8 Å². The smallest absolute Gasteiger partial charge is 0.0594 e. The van der Waals surface area contributed by atoms with Crippen molar-refractivity contribution in [2.24, 2.45) is 5.73 Å². The van der Waals surface area contributed by atoms with Crippen molar-refractivity contribution >= 4 is 11.6 Å². The molecule has 0 aromatic carbocycles. The van der Waals surface area contributed by atoms with Crippen molar-refractivity contribution < 1.29 is 0 Å². The molecule has 0 aromatic heterocycles. The van der Waals surface area contributed by atoms with E-state index in [0.29, 0.717) is 0 Å². The van der Waals surface area contributed by atoms with Crippen LogP contribution in [0, 0.1) is 0 Å². The normalized spacial score (nSPS) is 49.2. The number of halogens is 1. The fourth-order valence-corrected chi connectivity index (χ4v) is 1.72. The Morgan fingerprint density at radius 1 is 1.20 bits per heavy atom. The molecule has 0 radical (unpaired) electrons. The molecule has 2 N–H and O–H groups in total. The molecule has 60 valence electrons. The van der Waals surface area contributed by atoms with Crippen molar-refractivity contribution in [1.82, 2.24) is 0 Å². The lowest BCUT2D eigenvalue weighted by molar-refractivity contribution is 0.252. The third-order valence-electron chi connectivity index (χ3n) is 2.78. The lowest BCUT2D eigenvalue weighted by atomic mass is 9.75. The number of hydrogen-bond acceptors (Lipinski definition) is 1. The molecule has 2 unspecified atom stereocenters. The molecule has 1 aliphatic carbocycles. The van der Waals surface area contributed by atoms with E-state index >= 15 is 0 Å². The van der Waals surface area contributed by atoms with Crippen molar-refractivity contribution in [3.8, 4) is 0 Å². The Morgan fingerprint density at radius 2 is 1.70 bits per heavy atom. The Labute approximate surface area is 67.9 Å². The van der Waals surface area contributed by atoms with Crippen LogP contribution >= 0.6 is 11.6 Å². The van der Waals surface area contributed by atoms with Gasteiger partial charge in [0.1, 0.15) is 0 Å². The summed E-state index contributed by atoms with van der Waals surface area (Å²) < 4.78 is 0. The molecule has 2 atom stereocenters. The third kappa shape index (κ3) is 1.30. The van der Waals surface area contributed by atoms with Crippen LogP contribution in [0.25, 0.3) is 0 Å². The van der Waals surface area contributed by atoms with Gasteiger partial charge in [0, 0.05) is 5.54 Å². The molecule has 0 spiro atoms. The largest absolute Gasteiger partial charge is 0.324 e. The van der Waals surface area contributed by atoms with Gasteiger partial charge in [0.15, 0.2) is 0 Å². The van der Waals surface area contributed by atoms with Gasteiger partial charge in [-0.3, -0.25) is 0 Å². The lowest BCUT2D eigenvalue weighted by Gasteiger charge is -2.43.